The first-order valence-corrected chi connectivity index (χ1v) is 3.81. The monoisotopic (exact) mass is 166 g/mol. The van der Waals surface area contributed by atoms with Crippen LogP contribution >= 0.6 is 0 Å². The predicted molar refractivity (Wildman–Crippen MR) is 42.9 cm³/mol. The Kier molecular flexibility index (Phi) is 1.50. The van der Waals surface area contributed by atoms with Gasteiger partial charge < -0.3 is 0 Å². The lowest BCUT2D eigenvalue weighted by molar-refractivity contribution is 0.507. The molecule has 12 heavy (non-hydrogen) atoms. The van der Waals surface area contributed by atoms with E-state index in [1.807, 2.05) is 0 Å². The summed E-state index contributed by atoms with van der Waals surface area (Å²) in [6, 6.07) is 4.02. The molecule has 2 heteroatoms. The van der Waals surface area contributed by atoms with Gasteiger partial charge in [0, 0.05) is 5.92 Å². The van der Waals surface area contributed by atoms with Crippen LogP contribution in [0.5, 0.6) is 0 Å². The fourth-order valence-corrected chi connectivity index (χ4v) is 1.29. The van der Waals surface area contributed by atoms with Crippen LogP contribution in [0.2, 0.25) is 0 Å². The number of halogens is 2. The second-order valence-corrected chi connectivity index (χ2v) is 3.09. The molecule has 0 spiro atoms. The number of hydrogen-bond acceptors (Lipinski definition) is 0. The van der Waals surface area contributed by atoms with E-state index in [2.05, 4.69) is 6.58 Å². The molecule has 0 heterocycles. The van der Waals surface area contributed by atoms with Crippen LogP contribution in [0, 0.1) is 11.6 Å². The number of benzene rings is 1. The number of hydrogen-bond donors (Lipinski definition) is 0. The zero-order valence-corrected chi connectivity index (χ0v) is 6.48. The van der Waals surface area contributed by atoms with Crippen LogP contribution in [-0.2, 0) is 0 Å². The highest BCUT2D eigenvalue weighted by Crippen LogP contribution is 2.45. The molecule has 1 saturated carbocycles. The van der Waals surface area contributed by atoms with Crippen molar-refractivity contribution >= 4 is 0 Å². The van der Waals surface area contributed by atoms with Gasteiger partial charge in [-0.05, 0) is 24.1 Å². The molecule has 0 aromatic heterocycles. The molecule has 1 atom stereocenters. The molecule has 0 amide bonds. The van der Waals surface area contributed by atoms with Crippen LogP contribution < -0.4 is 0 Å². The van der Waals surface area contributed by atoms with E-state index in [0.29, 0.717) is 0 Å². The Morgan fingerprint density at radius 3 is 2.42 bits per heavy atom. The van der Waals surface area contributed by atoms with Crippen molar-refractivity contribution in [2.75, 3.05) is 0 Å². The summed E-state index contributed by atoms with van der Waals surface area (Å²) in [5, 5.41) is 0. The van der Waals surface area contributed by atoms with E-state index in [9.17, 15) is 8.78 Å². The normalized spacial score (nSPS) is 21.2. The van der Waals surface area contributed by atoms with Gasteiger partial charge in [-0.25, -0.2) is 8.78 Å². The number of allylic oxidation sites excluding steroid dienone is 1. The third-order valence-electron chi connectivity index (χ3n) is 2.15. The van der Waals surface area contributed by atoms with Crippen LogP contribution in [-0.4, -0.2) is 0 Å². The van der Waals surface area contributed by atoms with Crippen molar-refractivity contribution in [1.82, 2.24) is 0 Å². The first-order chi connectivity index (χ1) is 5.68. The molecule has 1 aliphatic rings. The first-order valence-electron chi connectivity index (χ1n) is 3.81. The molecule has 1 aromatic rings. The molecule has 0 bridgehead atoms. The highest BCUT2D eigenvalue weighted by atomic mass is 19.2. The summed E-state index contributed by atoms with van der Waals surface area (Å²) in [6.07, 6.45) is 0.908. The van der Waals surface area contributed by atoms with E-state index in [1.54, 1.807) is 6.07 Å². The fraction of sp³-hybridized carbons (Fsp3) is 0.200. The molecule has 62 valence electrons. The van der Waals surface area contributed by atoms with Crippen molar-refractivity contribution in [2.45, 2.75) is 12.3 Å². The zero-order chi connectivity index (χ0) is 8.72. The molecule has 0 radical (unpaired) electrons. The van der Waals surface area contributed by atoms with E-state index in [1.165, 1.54) is 6.07 Å². The lowest BCUT2D eigenvalue weighted by Gasteiger charge is -1.97. The van der Waals surface area contributed by atoms with E-state index in [0.717, 1.165) is 23.6 Å². The van der Waals surface area contributed by atoms with Crippen molar-refractivity contribution < 1.29 is 8.78 Å². The molecule has 0 N–H and O–H groups in total. The molecule has 1 aliphatic carbocycles. The lowest BCUT2D eigenvalue weighted by atomic mass is 10.1. The molecular formula is C10H8F2. The van der Waals surface area contributed by atoms with Crippen LogP contribution in [0.25, 0.3) is 0 Å². The third kappa shape index (κ3) is 1.13. The Morgan fingerprint density at radius 2 is 1.92 bits per heavy atom. The quantitative estimate of drug-likeness (QED) is 0.562. The molecular weight excluding hydrogens is 158 g/mol. The average Bonchev–Trinajstić information content (AvgIpc) is 2.73. The Bertz CT molecular complexity index is 342. The summed E-state index contributed by atoms with van der Waals surface area (Å²) in [6.45, 7) is 3.76. The summed E-state index contributed by atoms with van der Waals surface area (Å²) in [7, 11) is 0. The van der Waals surface area contributed by atoms with Gasteiger partial charge in [0.1, 0.15) is 0 Å². The summed E-state index contributed by atoms with van der Waals surface area (Å²) < 4.78 is 25.2. The van der Waals surface area contributed by atoms with E-state index in [-0.39, 0.29) is 5.92 Å². The predicted octanol–water partition coefficient (Wildman–Crippen LogP) is 3.01. The van der Waals surface area contributed by atoms with Crippen LogP contribution in [0.1, 0.15) is 17.9 Å². The highest BCUT2D eigenvalue weighted by molar-refractivity contribution is 5.39. The smallest absolute Gasteiger partial charge is 0.159 e. The van der Waals surface area contributed by atoms with Gasteiger partial charge in [-0.1, -0.05) is 18.2 Å². The van der Waals surface area contributed by atoms with Gasteiger partial charge in [0.2, 0.25) is 0 Å². The van der Waals surface area contributed by atoms with Gasteiger partial charge >= 0.3 is 0 Å². The fourth-order valence-electron chi connectivity index (χ4n) is 1.29. The largest absolute Gasteiger partial charge is 0.204 e. The van der Waals surface area contributed by atoms with Crippen molar-refractivity contribution in [1.29, 1.82) is 0 Å². The minimum atomic E-state index is -0.787. The Labute approximate surface area is 69.5 Å². The molecule has 1 fully saturated rings. The molecule has 1 aromatic carbocycles. The van der Waals surface area contributed by atoms with Crippen LogP contribution in [0.3, 0.4) is 0 Å². The second-order valence-electron chi connectivity index (χ2n) is 3.09. The third-order valence-corrected chi connectivity index (χ3v) is 2.15. The van der Waals surface area contributed by atoms with E-state index < -0.39 is 11.6 Å². The maximum atomic E-state index is 12.7. The summed E-state index contributed by atoms with van der Waals surface area (Å²) in [4.78, 5) is 0. The van der Waals surface area contributed by atoms with Crippen LogP contribution in [0.4, 0.5) is 8.78 Å². The Balaban J connectivity index is 2.35. The van der Waals surface area contributed by atoms with E-state index >= 15 is 0 Å². The SMILES string of the molecule is C=C1CC1c1ccc(F)c(F)c1. The van der Waals surface area contributed by atoms with Gasteiger partial charge in [0.25, 0.3) is 0 Å². The molecule has 0 saturated heterocycles. The van der Waals surface area contributed by atoms with Gasteiger partial charge in [-0.15, -0.1) is 0 Å². The second kappa shape index (κ2) is 2.41. The average molecular weight is 166 g/mol. The highest BCUT2D eigenvalue weighted by Gasteiger charge is 2.29. The topological polar surface area (TPSA) is 0 Å². The number of rotatable bonds is 1. The van der Waals surface area contributed by atoms with Gasteiger partial charge in [-0.3, -0.25) is 0 Å². The standard InChI is InChI=1S/C10H8F2/c1-6-4-8(6)7-2-3-9(11)10(12)5-7/h2-3,5,8H,1,4H2. The maximum absolute atomic E-state index is 12.7. The molecule has 0 nitrogen and oxygen atoms in total. The first kappa shape index (κ1) is 7.47. The van der Waals surface area contributed by atoms with Crippen molar-refractivity contribution in [3.05, 3.63) is 47.5 Å². The molecule has 0 aliphatic heterocycles. The summed E-state index contributed by atoms with van der Waals surface area (Å²) >= 11 is 0. The van der Waals surface area contributed by atoms with Crippen molar-refractivity contribution in [3.8, 4) is 0 Å². The van der Waals surface area contributed by atoms with Crippen molar-refractivity contribution in [3.63, 3.8) is 0 Å². The van der Waals surface area contributed by atoms with Gasteiger partial charge in [0.05, 0.1) is 0 Å². The van der Waals surface area contributed by atoms with E-state index in [4.69, 9.17) is 0 Å². The van der Waals surface area contributed by atoms with Gasteiger partial charge in [0.15, 0.2) is 11.6 Å². The van der Waals surface area contributed by atoms with Crippen LogP contribution in [0.15, 0.2) is 30.4 Å². The summed E-state index contributed by atoms with van der Waals surface area (Å²) in [5.41, 5.74) is 1.93. The van der Waals surface area contributed by atoms with Gasteiger partial charge in [-0.2, -0.15) is 0 Å². The minimum absolute atomic E-state index is 0.264. The van der Waals surface area contributed by atoms with Crippen molar-refractivity contribution in [2.24, 2.45) is 0 Å². The Hall–Kier alpha value is -1.18. The summed E-state index contributed by atoms with van der Waals surface area (Å²) in [5.74, 6) is -1.29. The molecule has 1 unspecified atom stereocenters. The minimum Gasteiger partial charge on any atom is -0.204 e. The lowest BCUT2D eigenvalue weighted by Crippen LogP contribution is -1.86. The zero-order valence-electron chi connectivity index (χ0n) is 6.48. The maximum Gasteiger partial charge on any atom is 0.159 e. The molecule has 2 rings (SSSR count). The Morgan fingerprint density at radius 1 is 1.25 bits per heavy atom.